The normalized spacial score (nSPS) is 11.7. The van der Waals surface area contributed by atoms with E-state index in [0.29, 0.717) is 12.5 Å². The van der Waals surface area contributed by atoms with Gasteiger partial charge in [0.15, 0.2) is 5.96 Å². The Labute approximate surface area is 188 Å². The van der Waals surface area contributed by atoms with E-state index in [9.17, 15) is 0 Å². The van der Waals surface area contributed by atoms with Gasteiger partial charge >= 0.3 is 0 Å². The monoisotopic (exact) mass is 511 g/mol. The van der Waals surface area contributed by atoms with Crippen molar-refractivity contribution in [3.63, 3.8) is 0 Å². The highest BCUT2D eigenvalue weighted by molar-refractivity contribution is 14.0. The summed E-state index contributed by atoms with van der Waals surface area (Å²) in [5.41, 5.74) is 5.04. The molecule has 28 heavy (non-hydrogen) atoms. The van der Waals surface area contributed by atoms with Crippen LogP contribution in [0.2, 0.25) is 0 Å². The van der Waals surface area contributed by atoms with Crippen molar-refractivity contribution >= 4 is 52.2 Å². The minimum Gasteiger partial charge on any atom is -0.361 e. The molecular weight excluding hydrogens is 481 g/mol. The molecule has 2 heterocycles. The molecule has 2 aromatic heterocycles. The zero-order chi connectivity index (χ0) is 19.2. The fourth-order valence-electron chi connectivity index (χ4n) is 3.16. The van der Waals surface area contributed by atoms with Gasteiger partial charge < -0.3 is 15.6 Å². The molecule has 3 N–H and O–H groups in total. The first-order valence-corrected chi connectivity index (χ1v) is 10.5. The molecule has 0 aliphatic rings. The second kappa shape index (κ2) is 10.8. The maximum Gasteiger partial charge on any atom is 0.191 e. The first-order valence-electron chi connectivity index (χ1n) is 9.59. The zero-order valence-electron chi connectivity index (χ0n) is 17.0. The number of rotatable bonds is 7. The number of nitrogens with zero attached hydrogens (tertiary/aromatic N) is 2. The number of halogens is 1. The van der Waals surface area contributed by atoms with Crippen molar-refractivity contribution < 1.29 is 0 Å². The van der Waals surface area contributed by atoms with E-state index in [1.165, 1.54) is 27.0 Å². The van der Waals surface area contributed by atoms with Crippen LogP contribution in [0.15, 0.2) is 34.8 Å². The number of hydrogen-bond donors (Lipinski definition) is 3. The molecule has 0 amide bonds. The van der Waals surface area contributed by atoms with Crippen LogP contribution in [0.5, 0.6) is 0 Å². The van der Waals surface area contributed by atoms with Crippen LogP contribution in [-0.4, -0.2) is 29.5 Å². The van der Waals surface area contributed by atoms with Crippen LogP contribution in [0.1, 0.15) is 48.5 Å². The molecule has 0 fully saturated rings. The smallest absolute Gasteiger partial charge is 0.191 e. The van der Waals surface area contributed by atoms with Crippen LogP contribution in [0.4, 0.5) is 0 Å². The number of guanidine groups is 1. The van der Waals surface area contributed by atoms with Gasteiger partial charge in [-0.05, 0) is 24.0 Å². The number of aryl methyl sites for hydroxylation is 1. The van der Waals surface area contributed by atoms with Gasteiger partial charge in [-0.15, -0.1) is 35.3 Å². The molecule has 0 unspecified atom stereocenters. The molecule has 5 nitrogen and oxygen atoms in total. The van der Waals surface area contributed by atoms with Crippen LogP contribution in [-0.2, 0) is 19.4 Å². The Morgan fingerprint density at radius 3 is 2.75 bits per heavy atom. The molecule has 0 radical (unpaired) electrons. The maximum absolute atomic E-state index is 4.66. The number of aliphatic imine (C=N–C) groups is 1. The Hall–Kier alpha value is -1.61. The van der Waals surface area contributed by atoms with Crippen molar-refractivity contribution in [3.05, 3.63) is 51.6 Å². The van der Waals surface area contributed by atoms with Gasteiger partial charge in [-0.2, -0.15) is 0 Å². The molecule has 0 aliphatic heterocycles. The summed E-state index contributed by atoms with van der Waals surface area (Å²) < 4.78 is 0. The Balaban J connectivity index is 0.00000280. The SMILES string of the molecule is CCc1cccc2c(CCNC(=NC)NCc3csc(C(C)C)n3)c[nH]c12.I. The van der Waals surface area contributed by atoms with E-state index in [2.05, 4.69) is 76.1 Å². The largest absolute Gasteiger partial charge is 0.361 e. The van der Waals surface area contributed by atoms with Gasteiger partial charge in [0, 0.05) is 42.0 Å². The summed E-state index contributed by atoms with van der Waals surface area (Å²) >= 11 is 1.72. The summed E-state index contributed by atoms with van der Waals surface area (Å²) in [5, 5.41) is 11.4. The van der Waals surface area contributed by atoms with Crippen molar-refractivity contribution in [1.82, 2.24) is 20.6 Å². The highest BCUT2D eigenvalue weighted by Crippen LogP contribution is 2.22. The molecule has 0 bridgehead atoms. The second-order valence-corrected chi connectivity index (χ2v) is 7.83. The fraction of sp³-hybridized carbons (Fsp3) is 0.429. The molecule has 1 aromatic carbocycles. The first kappa shape index (κ1) is 22.7. The van der Waals surface area contributed by atoms with E-state index >= 15 is 0 Å². The van der Waals surface area contributed by atoms with Crippen LogP contribution in [0, 0.1) is 0 Å². The van der Waals surface area contributed by atoms with Crippen LogP contribution in [0.3, 0.4) is 0 Å². The number of thiazole rings is 1. The number of para-hydroxylation sites is 1. The number of nitrogens with one attached hydrogen (secondary N) is 3. The van der Waals surface area contributed by atoms with Gasteiger partial charge in [-0.25, -0.2) is 4.98 Å². The molecule has 0 spiro atoms. The molecule has 0 saturated heterocycles. The van der Waals surface area contributed by atoms with Gasteiger partial charge in [-0.1, -0.05) is 39.0 Å². The molecule has 0 aliphatic carbocycles. The molecule has 0 saturated carbocycles. The molecule has 152 valence electrons. The average molecular weight is 511 g/mol. The summed E-state index contributed by atoms with van der Waals surface area (Å²) in [6, 6.07) is 6.53. The van der Waals surface area contributed by atoms with Crippen molar-refractivity contribution in [2.24, 2.45) is 4.99 Å². The lowest BCUT2D eigenvalue weighted by molar-refractivity contribution is 0.777. The minimum absolute atomic E-state index is 0. The third-order valence-electron chi connectivity index (χ3n) is 4.68. The zero-order valence-corrected chi connectivity index (χ0v) is 20.2. The molecular formula is C21H30IN5S. The van der Waals surface area contributed by atoms with Crippen LogP contribution >= 0.6 is 35.3 Å². The summed E-state index contributed by atoms with van der Waals surface area (Å²) in [7, 11) is 1.80. The molecule has 3 aromatic rings. The lowest BCUT2D eigenvalue weighted by atomic mass is 10.1. The third kappa shape index (κ3) is 5.47. The van der Waals surface area contributed by atoms with Crippen molar-refractivity contribution in [1.29, 1.82) is 0 Å². The van der Waals surface area contributed by atoms with Gasteiger partial charge in [0.2, 0.25) is 0 Å². The van der Waals surface area contributed by atoms with Gasteiger partial charge in [0.25, 0.3) is 0 Å². The lowest BCUT2D eigenvalue weighted by Gasteiger charge is -2.11. The Morgan fingerprint density at radius 2 is 2.07 bits per heavy atom. The summed E-state index contributed by atoms with van der Waals surface area (Å²) in [5.74, 6) is 1.29. The first-order chi connectivity index (χ1) is 13.1. The van der Waals surface area contributed by atoms with Crippen molar-refractivity contribution in [3.8, 4) is 0 Å². The highest BCUT2D eigenvalue weighted by atomic mass is 127. The van der Waals surface area contributed by atoms with Gasteiger partial charge in [-0.3, -0.25) is 4.99 Å². The van der Waals surface area contributed by atoms with E-state index in [1.807, 2.05) is 0 Å². The predicted octanol–water partition coefficient (Wildman–Crippen LogP) is 4.84. The Morgan fingerprint density at radius 1 is 1.25 bits per heavy atom. The maximum atomic E-state index is 4.66. The minimum atomic E-state index is 0. The van der Waals surface area contributed by atoms with E-state index in [1.54, 1.807) is 18.4 Å². The second-order valence-electron chi connectivity index (χ2n) is 6.94. The quantitative estimate of drug-likeness (QED) is 0.242. The summed E-state index contributed by atoms with van der Waals surface area (Å²) in [6.45, 7) is 8.06. The van der Waals surface area contributed by atoms with Crippen LogP contribution in [0.25, 0.3) is 10.9 Å². The van der Waals surface area contributed by atoms with E-state index in [-0.39, 0.29) is 24.0 Å². The third-order valence-corrected chi connectivity index (χ3v) is 5.87. The number of aromatic amines is 1. The summed E-state index contributed by atoms with van der Waals surface area (Å²) in [4.78, 5) is 12.4. The standard InChI is InChI=1S/C21H29N5S.HI/c1-5-15-7-6-8-18-16(11-24-19(15)18)9-10-23-21(22-4)25-12-17-13-27-20(26-17)14(2)3;/h6-8,11,13-14,24H,5,9-10,12H2,1-4H3,(H2,22,23,25);1H. The molecule has 3 rings (SSSR count). The topological polar surface area (TPSA) is 65.1 Å². The fourth-order valence-corrected chi connectivity index (χ4v) is 3.99. The molecule has 7 heteroatoms. The summed E-state index contributed by atoms with van der Waals surface area (Å²) in [6.07, 6.45) is 4.12. The van der Waals surface area contributed by atoms with E-state index in [0.717, 1.165) is 31.0 Å². The van der Waals surface area contributed by atoms with E-state index < -0.39 is 0 Å². The lowest BCUT2D eigenvalue weighted by Crippen LogP contribution is -2.37. The van der Waals surface area contributed by atoms with Crippen LogP contribution < -0.4 is 10.6 Å². The highest BCUT2D eigenvalue weighted by Gasteiger charge is 2.08. The van der Waals surface area contributed by atoms with Crippen molar-refractivity contribution in [2.45, 2.75) is 46.1 Å². The predicted molar refractivity (Wildman–Crippen MR) is 131 cm³/mol. The molecule has 0 atom stereocenters. The van der Waals surface area contributed by atoms with Gasteiger partial charge in [0.1, 0.15) is 0 Å². The van der Waals surface area contributed by atoms with Crippen molar-refractivity contribution in [2.75, 3.05) is 13.6 Å². The number of hydrogen-bond acceptors (Lipinski definition) is 3. The number of benzene rings is 1. The van der Waals surface area contributed by atoms with Gasteiger partial charge in [0.05, 0.1) is 17.2 Å². The Bertz CT molecular complexity index is 913. The number of H-pyrrole nitrogens is 1. The number of aromatic nitrogens is 2. The average Bonchev–Trinajstić information content (AvgIpc) is 3.31. The van der Waals surface area contributed by atoms with E-state index in [4.69, 9.17) is 0 Å². The number of fused-ring (bicyclic) bond motifs is 1. The Kier molecular flexibility index (Phi) is 8.75.